The Hall–Kier alpha value is -8.26. The third kappa shape index (κ3) is 24.5. The van der Waals surface area contributed by atoms with Gasteiger partial charge in [0.15, 0.2) is 29.2 Å². The average molecular weight is 1400 g/mol. The molecule has 0 saturated heterocycles. The molecule has 3 aromatic rings. The van der Waals surface area contributed by atoms with E-state index in [9.17, 15) is 38.7 Å². The normalized spacial score (nSPS) is 16.7. The molecule has 0 bridgehead atoms. The molecule has 0 spiro atoms. The first-order valence-electron chi connectivity index (χ1n) is 34.2. The van der Waals surface area contributed by atoms with Crippen LogP contribution in [-0.4, -0.2) is 233 Å². The number of fused-ring (bicyclic) bond motifs is 4. The second-order valence-corrected chi connectivity index (χ2v) is 24.4. The summed E-state index contributed by atoms with van der Waals surface area (Å²) in [6.07, 6.45) is 6.27. The molecule has 0 saturated carbocycles. The highest BCUT2D eigenvalue weighted by Crippen LogP contribution is 2.43. The molecular formula is C71H100N8O21. The Labute approximate surface area is 584 Å². The summed E-state index contributed by atoms with van der Waals surface area (Å²) in [6, 6.07) is 9.99. The highest BCUT2D eigenvalue weighted by atomic mass is 16.6. The molecule has 100 heavy (non-hydrogen) atoms. The van der Waals surface area contributed by atoms with Crippen LogP contribution in [0, 0.1) is 5.92 Å². The third-order valence-corrected chi connectivity index (χ3v) is 16.3. The summed E-state index contributed by atoms with van der Waals surface area (Å²) in [7, 11) is 2.97. The molecule has 0 unspecified atom stereocenters. The van der Waals surface area contributed by atoms with Crippen molar-refractivity contribution >= 4 is 64.8 Å². The summed E-state index contributed by atoms with van der Waals surface area (Å²) in [4.78, 5) is 101. The van der Waals surface area contributed by atoms with Crippen molar-refractivity contribution in [2.45, 2.75) is 123 Å². The van der Waals surface area contributed by atoms with Crippen LogP contribution >= 0.6 is 0 Å². The van der Waals surface area contributed by atoms with Gasteiger partial charge in [0.1, 0.15) is 18.7 Å². The molecule has 3 aromatic carbocycles. The number of amides is 7. The first-order valence-corrected chi connectivity index (χ1v) is 34.2. The summed E-state index contributed by atoms with van der Waals surface area (Å²) in [5.74, 6) is -1.01. The van der Waals surface area contributed by atoms with Crippen LogP contribution in [0.2, 0.25) is 0 Å². The second kappa shape index (κ2) is 42.1. The zero-order valence-electron chi connectivity index (χ0n) is 58.8. The third-order valence-electron chi connectivity index (χ3n) is 16.3. The molecule has 0 fully saturated rings. The molecule has 7 amide bonds. The molecule has 550 valence electrons. The molecular weight excluding hydrogens is 1300 g/mol. The van der Waals surface area contributed by atoms with Gasteiger partial charge in [-0.15, -0.1) is 0 Å². The van der Waals surface area contributed by atoms with Crippen LogP contribution in [-0.2, 0) is 68.4 Å². The van der Waals surface area contributed by atoms with E-state index in [0.29, 0.717) is 172 Å². The fraction of sp³-hybridized carbons (Fsp3) is 0.577. The summed E-state index contributed by atoms with van der Waals surface area (Å²) in [6.45, 7) is 17.7. The van der Waals surface area contributed by atoms with Crippen LogP contribution in [0.5, 0.6) is 23.0 Å². The van der Waals surface area contributed by atoms with Gasteiger partial charge in [0.25, 0.3) is 11.8 Å². The van der Waals surface area contributed by atoms with Gasteiger partial charge in [-0.3, -0.25) is 33.8 Å². The van der Waals surface area contributed by atoms with Gasteiger partial charge in [-0.05, 0) is 88.6 Å². The maximum absolute atomic E-state index is 14.3. The Morgan fingerprint density at radius 2 is 1.11 bits per heavy atom. The second-order valence-electron chi connectivity index (χ2n) is 24.4. The van der Waals surface area contributed by atoms with E-state index >= 15 is 0 Å². The number of carbonyl (C=O) groups excluding carboxylic acids is 7. The number of anilines is 2. The predicted octanol–water partition coefficient (Wildman–Crippen LogP) is 6.39. The number of aliphatic hydroxyl groups excluding tert-OH is 1. The highest BCUT2D eigenvalue weighted by molar-refractivity contribution is 6.07. The van der Waals surface area contributed by atoms with E-state index in [1.807, 2.05) is 20.0 Å². The number of unbranched alkanes of at least 4 members (excludes halogenated alkanes) is 2. The van der Waals surface area contributed by atoms with Gasteiger partial charge >= 0.3 is 6.09 Å². The molecule has 0 aliphatic carbocycles. The van der Waals surface area contributed by atoms with E-state index in [2.05, 4.69) is 26.3 Å². The van der Waals surface area contributed by atoms with Crippen LogP contribution < -0.4 is 45.1 Å². The van der Waals surface area contributed by atoms with Crippen molar-refractivity contribution in [2.75, 3.05) is 150 Å². The number of aliphatic hydroxyl groups is 1. The molecule has 7 rings (SSSR count). The van der Waals surface area contributed by atoms with Crippen molar-refractivity contribution in [1.82, 2.24) is 25.8 Å². The van der Waals surface area contributed by atoms with Crippen LogP contribution in [0.3, 0.4) is 0 Å². The topological polar surface area (TPSA) is 330 Å². The van der Waals surface area contributed by atoms with E-state index in [1.54, 1.807) is 74.5 Å². The first-order chi connectivity index (χ1) is 48.4. The minimum Gasteiger partial charge on any atom is -0.493 e. The van der Waals surface area contributed by atoms with Gasteiger partial charge in [0.05, 0.1) is 168 Å². The van der Waals surface area contributed by atoms with E-state index in [-0.39, 0.29) is 79.4 Å². The number of nitrogens with one attached hydrogen (secondary N) is 4. The average Bonchev–Trinajstić information content (AvgIpc) is 1.59. The SMILES string of the molecule is CCC(=O)NCCOCCOCCOCCOCCOCCOCCOCCOCCC(=O)N[C@H](C(=O)N[C@@H](C)C(=O)Nc1ccc(COC(=O)N2c3cc(OCCCCCOc4cc5c(cc4OC)C(=O)N4C=C(C)C[C@H]4C=N5)c(OC)cc3C(=O)N3C=C(C)C[C@H]3[C@@H]2O)cc1)C(C)C. The molecule has 5 N–H and O–H groups in total. The van der Waals surface area contributed by atoms with Crippen LogP contribution in [0.1, 0.15) is 113 Å². The molecule has 0 radical (unpaired) electrons. The summed E-state index contributed by atoms with van der Waals surface area (Å²) < 4.78 is 73.5. The zero-order valence-corrected chi connectivity index (χ0v) is 58.8. The molecule has 0 aromatic heterocycles. The van der Waals surface area contributed by atoms with Crippen molar-refractivity contribution < 1.29 is 100 Å². The number of benzene rings is 3. The van der Waals surface area contributed by atoms with Gasteiger partial charge in [-0.2, -0.15) is 0 Å². The number of methoxy groups -OCH3 is 2. The Kier molecular flexibility index (Phi) is 33.3. The standard InChI is InChI=1S/C71H100N8O21/c1-9-63(80)72-18-22-91-24-26-93-28-30-95-32-34-97-36-35-96-33-31-94-29-27-92-25-23-90-21-17-64(81)76-65(47(2)3)67(83)74-50(6)66(82)75-52-15-13-51(14-16-52)46-100-71(87)79-57-42-62(60(89-8)40-55(57)69(85)78-45-49(5)38-58(78)70(79)86)99-20-12-10-11-19-98-61-41-56-54(39-59(61)88-7)68(84)77-44-48(4)37-53(77)43-73-56/h13-16,39-45,47,50,53,58,65,70,86H,9-12,17-38,46H2,1-8H3,(H,72,80)(H,74,83)(H,75,82)(H,76,81)/t50-,53-,58-,65-,70-/m0/s1. The number of carbonyl (C=O) groups is 7. The Morgan fingerprint density at radius 3 is 1.67 bits per heavy atom. The zero-order chi connectivity index (χ0) is 71.8. The lowest BCUT2D eigenvalue weighted by Gasteiger charge is -2.31. The van der Waals surface area contributed by atoms with Gasteiger partial charge in [-0.25, -0.2) is 9.69 Å². The number of rotatable bonds is 46. The van der Waals surface area contributed by atoms with Crippen molar-refractivity contribution in [1.29, 1.82) is 0 Å². The largest absolute Gasteiger partial charge is 0.493 e. The van der Waals surface area contributed by atoms with Crippen LogP contribution in [0.25, 0.3) is 0 Å². The van der Waals surface area contributed by atoms with Gasteiger partial charge in [0, 0.05) is 55.8 Å². The molecule has 4 heterocycles. The minimum absolute atomic E-state index is 0.00132. The molecule has 29 nitrogen and oxygen atoms in total. The summed E-state index contributed by atoms with van der Waals surface area (Å²) in [5, 5.41) is 22.9. The van der Waals surface area contributed by atoms with E-state index in [0.717, 1.165) is 22.5 Å². The number of aliphatic imine (C=N–C) groups is 1. The van der Waals surface area contributed by atoms with Gasteiger partial charge in [0.2, 0.25) is 23.6 Å². The van der Waals surface area contributed by atoms with Crippen LogP contribution in [0.4, 0.5) is 21.9 Å². The monoisotopic (exact) mass is 1400 g/mol. The Bertz CT molecular complexity index is 3260. The highest BCUT2D eigenvalue weighted by Gasteiger charge is 2.45. The van der Waals surface area contributed by atoms with Crippen LogP contribution in [0.15, 0.2) is 77.1 Å². The maximum Gasteiger partial charge on any atom is 0.416 e. The number of hydrogen-bond acceptors (Lipinski definition) is 22. The lowest BCUT2D eigenvalue weighted by Crippen LogP contribution is -2.53. The Balaban J connectivity index is 0.757. The fourth-order valence-electron chi connectivity index (χ4n) is 10.9. The quantitative estimate of drug-likeness (QED) is 0.0382. The predicted molar refractivity (Wildman–Crippen MR) is 368 cm³/mol. The molecule has 4 aliphatic rings. The fourth-order valence-corrected chi connectivity index (χ4v) is 10.9. The lowest BCUT2D eigenvalue weighted by atomic mass is 10.0. The molecule has 5 atom stereocenters. The van der Waals surface area contributed by atoms with Crippen molar-refractivity contribution in [2.24, 2.45) is 10.9 Å². The maximum atomic E-state index is 14.3. The number of ether oxygens (including phenoxy) is 13. The van der Waals surface area contributed by atoms with Gasteiger partial charge < -0.3 is 97.8 Å². The number of nitrogens with zero attached hydrogens (tertiary/aromatic N) is 4. The minimum atomic E-state index is -1.52. The lowest BCUT2D eigenvalue weighted by molar-refractivity contribution is -0.132. The summed E-state index contributed by atoms with van der Waals surface area (Å²) >= 11 is 0. The van der Waals surface area contributed by atoms with Gasteiger partial charge in [-0.1, -0.05) is 44.1 Å². The van der Waals surface area contributed by atoms with Crippen molar-refractivity contribution in [3.05, 3.63) is 88.8 Å². The van der Waals surface area contributed by atoms with Crippen molar-refractivity contribution in [3.63, 3.8) is 0 Å². The Morgan fingerprint density at radius 1 is 0.590 bits per heavy atom. The van der Waals surface area contributed by atoms with E-state index in [4.69, 9.17) is 61.6 Å². The molecule has 29 heteroatoms. The first kappa shape index (κ1) is 79.1. The summed E-state index contributed by atoms with van der Waals surface area (Å²) in [5.41, 5.74) is 3.95. The smallest absolute Gasteiger partial charge is 0.416 e. The van der Waals surface area contributed by atoms with E-state index < -0.39 is 54.1 Å². The molecule has 4 aliphatic heterocycles. The van der Waals surface area contributed by atoms with Crippen molar-refractivity contribution in [3.8, 4) is 23.0 Å². The van der Waals surface area contributed by atoms with E-state index in [1.165, 1.54) is 38.2 Å². The number of hydrogen-bond donors (Lipinski definition) is 5.